The number of amides is 3. The molecule has 0 spiro atoms. The molecule has 154 valence electrons. The summed E-state index contributed by atoms with van der Waals surface area (Å²) >= 11 is 0. The quantitative estimate of drug-likeness (QED) is 0.653. The molecule has 1 aromatic heterocycles. The van der Waals surface area contributed by atoms with Gasteiger partial charge < -0.3 is 20.0 Å². The zero-order valence-electron chi connectivity index (χ0n) is 16.7. The predicted octanol–water partition coefficient (Wildman–Crippen LogP) is 4.62. The molecular weight excluding hydrogens is 378 g/mol. The number of nitrogens with zero attached hydrogens (tertiary/aromatic N) is 1. The van der Waals surface area contributed by atoms with Crippen LogP contribution in [0.15, 0.2) is 77.4 Å². The van der Waals surface area contributed by atoms with Crippen LogP contribution in [-0.2, 0) is 0 Å². The summed E-state index contributed by atoms with van der Waals surface area (Å²) in [6.07, 6.45) is 3.37. The Kier molecular flexibility index (Phi) is 6.13. The number of anilines is 1. The summed E-state index contributed by atoms with van der Waals surface area (Å²) < 4.78 is 5.12. The Hall–Kier alpha value is -3.54. The van der Waals surface area contributed by atoms with Gasteiger partial charge in [0.05, 0.1) is 12.0 Å². The molecule has 2 N–H and O–H groups in total. The molecule has 2 heterocycles. The summed E-state index contributed by atoms with van der Waals surface area (Å²) in [5, 5.41) is 5.97. The fraction of sp³-hybridized carbons (Fsp3) is 0.250. The normalized spacial score (nSPS) is 16.1. The molecule has 1 fully saturated rings. The SMILES string of the molecule is O=C(NC[C@H]1CCCN(C(=O)Nc2ccccc2-c2ccccc2)C1)c1ccco1. The number of rotatable bonds is 5. The van der Waals surface area contributed by atoms with Crippen LogP contribution in [0.1, 0.15) is 23.4 Å². The van der Waals surface area contributed by atoms with Crippen molar-refractivity contribution < 1.29 is 14.0 Å². The summed E-state index contributed by atoms with van der Waals surface area (Å²) in [4.78, 5) is 26.8. The van der Waals surface area contributed by atoms with Crippen LogP contribution in [0.5, 0.6) is 0 Å². The summed E-state index contributed by atoms with van der Waals surface area (Å²) in [6.45, 7) is 1.84. The van der Waals surface area contributed by atoms with Crippen molar-refractivity contribution in [3.05, 3.63) is 78.8 Å². The monoisotopic (exact) mass is 403 g/mol. The summed E-state index contributed by atoms with van der Waals surface area (Å²) in [5.41, 5.74) is 2.85. The lowest BCUT2D eigenvalue weighted by atomic mass is 9.98. The second-order valence-corrected chi connectivity index (χ2v) is 7.48. The maximum atomic E-state index is 12.9. The van der Waals surface area contributed by atoms with Crippen molar-refractivity contribution in [2.24, 2.45) is 5.92 Å². The first kappa shape index (κ1) is 19.8. The molecule has 1 aliphatic heterocycles. The number of urea groups is 1. The lowest BCUT2D eigenvalue weighted by Gasteiger charge is -2.33. The Morgan fingerprint density at radius 1 is 1.00 bits per heavy atom. The van der Waals surface area contributed by atoms with E-state index in [1.807, 2.05) is 59.5 Å². The number of benzene rings is 2. The molecule has 0 saturated carbocycles. The largest absolute Gasteiger partial charge is 0.459 e. The van der Waals surface area contributed by atoms with E-state index in [9.17, 15) is 9.59 Å². The van der Waals surface area contributed by atoms with E-state index in [1.54, 1.807) is 12.1 Å². The van der Waals surface area contributed by atoms with Crippen LogP contribution >= 0.6 is 0 Å². The van der Waals surface area contributed by atoms with Gasteiger partial charge in [0.15, 0.2) is 5.76 Å². The molecule has 1 aliphatic rings. The van der Waals surface area contributed by atoms with Gasteiger partial charge in [-0.15, -0.1) is 0 Å². The lowest BCUT2D eigenvalue weighted by Crippen LogP contribution is -2.45. The number of piperidine rings is 1. The third-order valence-electron chi connectivity index (χ3n) is 5.36. The van der Waals surface area contributed by atoms with Gasteiger partial charge in [0.1, 0.15) is 0 Å². The second-order valence-electron chi connectivity index (χ2n) is 7.48. The number of furan rings is 1. The van der Waals surface area contributed by atoms with Crippen molar-refractivity contribution in [1.29, 1.82) is 0 Å². The highest BCUT2D eigenvalue weighted by molar-refractivity contribution is 5.94. The lowest BCUT2D eigenvalue weighted by molar-refractivity contribution is 0.0911. The van der Waals surface area contributed by atoms with E-state index >= 15 is 0 Å². The van der Waals surface area contributed by atoms with E-state index in [2.05, 4.69) is 10.6 Å². The highest BCUT2D eigenvalue weighted by Gasteiger charge is 2.25. The number of hydrogen-bond donors (Lipinski definition) is 2. The van der Waals surface area contributed by atoms with Crippen molar-refractivity contribution in [3.8, 4) is 11.1 Å². The van der Waals surface area contributed by atoms with Crippen LogP contribution in [0.25, 0.3) is 11.1 Å². The minimum absolute atomic E-state index is 0.111. The Bertz CT molecular complexity index is 986. The highest BCUT2D eigenvalue weighted by Crippen LogP contribution is 2.28. The fourth-order valence-corrected chi connectivity index (χ4v) is 3.80. The molecule has 4 rings (SSSR count). The van der Waals surface area contributed by atoms with Crippen LogP contribution in [-0.4, -0.2) is 36.5 Å². The highest BCUT2D eigenvalue weighted by atomic mass is 16.3. The van der Waals surface area contributed by atoms with Gasteiger partial charge in [-0.3, -0.25) is 4.79 Å². The molecule has 0 aliphatic carbocycles. The molecule has 3 aromatic rings. The summed E-state index contributed by atoms with van der Waals surface area (Å²) in [7, 11) is 0. The first-order valence-corrected chi connectivity index (χ1v) is 10.2. The number of para-hydroxylation sites is 1. The molecule has 6 nitrogen and oxygen atoms in total. The van der Waals surface area contributed by atoms with E-state index in [0.29, 0.717) is 25.4 Å². The van der Waals surface area contributed by atoms with E-state index in [-0.39, 0.29) is 17.9 Å². The zero-order chi connectivity index (χ0) is 20.8. The van der Waals surface area contributed by atoms with Crippen molar-refractivity contribution in [2.45, 2.75) is 12.8 Å². The van der Waals surface area contributed by atoms with Crippen molar-refractivity contribution in [2.75, 3.05) is 25.0 Å². The van der Waals surface area contributed by atoms with Gasteiger partial charge in [-0.05, 0) is 42.5 Å². The molecule has 1 atom stereocenters. The Balaban J connectivity index is 1.37. The Labute approximate surface area is 175 Å². The molecule has 0 bridgehead atoms. The van der Waals surface area contributed by atoms with Crippen LogP contribution in [0.3, 0.4) is 0 Å². The van der Waals surface area contributed by atoms with Gasteiger partial charge in [0.2, 0.25) is 0 Å². The second kappa shape index (κ2) is 9.31. The van der Waals surface area contributed by atoms with Crippen LogP contribution in [0.2, 0.25) is 0 Å². The van der Waals surface area contributed by atoms with Crippen LogP contribution < -0.4 is 10.6 Å². The van der Waals surface area contributed by atoms with Gasteiger partial charge in [0.25, 0.3) is 5.91 Å². The van der Waals surface area contributed by atoms with Gasteiger partial charge in [0, 0.05) is 25.2 Å². The van der Waals surface area contributed by atoms with Gasteiger partial charge in [-0.2, -0.15) is 0 Å². The fourth-order valence-electron chi connectivity index (χ4n) is 3.80. The van der Waals surface area contributed by atoms with E-state index in [0.717, 1.165) is 29.7 Å². The zero-order valence-corrected chi connectivity index (χ0v) is 16.7. The molecule has 30 heavy (non-hydrogen) atoms. The number of likely N-dealkylation sites (tertiary alicyclic amines) is 1. The van der Waals surface area contributed by atoms with E-state index in [4.69, 9.17) is 4.42 Å². The molecule has 6 heteroatoms. The standard InChI is InChI=1S/C24H25N3O3/c28-23(22-13-7-15-30-22)25-16-18-8-6-14-27(17-18)24(29)26-21-12-5-4-11-20(21)19-9-2-1-3-10-19/h1-5,7,9-13,15,18H,6,8,14,16-17H2,(H,25,28)(H,26,29)/t18-/m1/s1. The maximum absolute atomic E-state index is 12.9. The van der Waals surface area contributed by atoms with Crippen molar-refractivity contribution in [3.63, 3.8) is 0 Å². The first-order valence-electron chi connectivity index (χ1n) is 10.2. The summed E-state index contributed by atoms with van der Waals surface area (Å²) in [6, 6.07) is 21.0. The average molecular weight is 403 g/mol. The van der Waals surface area contributed by atoms with E-state index < -0.39 is 0 Å². The van der Waals surface area contributed by atoms with Crippen molar-refractivity contribution in [1.82, 2.24) is 10.2 Å². The average Bonchev–Trinajstić information content (AvgIpc) is 3.34. The van der Waals surface area contributed by atoms with Gasteiger partial charge in [-0.1, -0.05) is 48.5 Å². The van der Waals surface area contributed by atoms with Gasteiger partial charge >= 0.3 is 6.03 Å². The third kappa shape index (κ3) is 4.71. The number of hydrogen-bond acceptors (Lipinski definition) is 3. The summed E-state index contributed by atoms with van der Waals surface area (Å²) in [5.74, 6) is 0.295. The molecule has 0 radical (unpaired) electrons. The van der Waals surface area contributed by atoms with E-state index in [1.165, 1.54) is 6.26 Å². The van der Waals surface area contributed by atoms with Crippen LogP contribution in [0.4, 0.5) is 10.5 Å². The van der Waals surface area contributed by atoms with Gasteiger partial charge in [-0.25, -0.2) is 4.79 Å². The first-order chi connectivity index (χ1) is 14.7. The minimum atomic E-state index is -0.224. The number of carbonyl (C=O) groups excluding carboxylic acids is 2. The number of nitrogens with one attached hydrogen (secondary N) is 2. The molecule has 2 aromatic carbocycles. The van der Waals surface area contributed by atoms with Crippen LogP contribution in [0, 0.1) is 5.92 Å². The number of carbonyl (C=O) groups is 2. The van der Waals surface area contributed by atoms with Crippen molar-refractivity contribution >= 4 is 17.6 Å². The maximum Gasteiger partial charge on any atom is 0.321 e. The molecule has 1 saturated heterocycles. The topological polar surface area (TPSA) is 74.6 Å². The Morgan fingerprint density at radius 3 is 2.60 bits per heavy atom. The predicted molar refractivity (Wildman–Crippen MR) is 116 cm³/mol. The minimum Gasteiger partial charge on any atom is -0.459 e. The third-order valence-corrected chi connectivity index (χ3v) is 5.36. The Morgan fingerprint density at radius 2 is 1.80 bits per heavy atom. The smallest absolute Gasteiger partial charge is 0.321 e. The molecule has 3 amide bonds. The molecular formula is C24H25N3O3. The molecule has 0 unspecified atom stereocenters.